The van der Waals surface area contributed by atoms with Crippen molar-refractivity contribution in [3.05, 3.63) is 22.5 Å². The lowest BCUT2D eigenvalue weighted by atomic mass is 10.4. The topological polar surface area (TPSA) is 23.8 Å². The van der Waals surface area contributed by atoms with Crippen molar-refractivity contribution in [1.82, 2.24) is 0 Å². The summed E-state index contributed by atoms with van der Waals surface area (Å²) >= 11 is 1.62. The molecule has 0 amide bonds. The van der Waals surface area contributed by atoms with Crippen molar-refractivity contribution in [2.75, 3.05) is 0 Å². The Morgan fingerprint density at radius 2 is 2.75 bits per heavy atom. The summed E-state index contributed by atoms with van der Waals surface area (Å²) in [6.45, 7) is 0. The van der Waals surface area contributed by atoms with Crippen LogP contribution in [-0.4, -0.2) is 0 Å². The molecule has 0 N–H and O–H groups in total. The van der Waals surface area contributed by atoms with Gasteiger partial charge >= 0.3 is 0 Å². The summed E-state index contributed by atoms with van der Waals surface area (Å²) in [6.07, 6.45) is 4.58. The van der Waals surface area contributed by atoms with Gasteiger partial charge in [0.1, 0.15) is 0 Å². The van der Waals surface area contributed by atoms with Crippen LogP contribution in [0, 0.1) is 11.3 Å². The highest BCUT2D eigenvalue weighted by Gasteiger charge is 1.97. The fraction of sp³-hybridized carbons (Fsp3) is 0.167. The van der Waals surface area contributed by atoms with Crippen LogP contribution in [0.4, 0.5) is 0 Å². The predicted molar refractivity (Wildman–Crippen MR) is 35.0 cm³/mol. The molecule has 0 aromatic heterocycles. The van der Waals surface area contributed by atoms with E-state index in [-0.39, 0.29) is 0 Å². The second-order valence-corrected chi connectivity index (χ2v) is 2.47. The number of rotatable bonds is 0. The lowest BCUT2D eigenvalue weighted by Gasteiger charge is -1.83. The molecule has 1 nitrogen and oxygen atoms in total. The van der Waals surface area contributed by atoms with Crippen LogP contribution in [0.1, 0.15) is 6.42 Å². The van der Waals surface area contributed by atoms with Gasteiger partial charge in [0.15, 0.2) is 0 Å². The maximum atomic E-state index is 8.16. The average Bonchev–Trinajstić information content (AvgIpc) is 2.19. The van der Waals surface area contributed by atoms with Gasteiger partial charge in [-0.3, -0.25) is 0 Å². The monoisotopic (exact) mass is 123 g/mol. The molecule has 0 spiro atoms. The Balaban J connectivity index is 2.54. The van der Waals surface area contributed by atoms with Gasteiger partial charge in [0.25, 0.3) is 0 Å². The van der Waals surface area contributed by atoms with E-state index in [9.17, 15) is 0 Å². The molecule has 0 aromatic rings. The Bertz CT molecular complexity index is 163. The predicted octanol–water partition coefficient (Wildman–Crippen LogP) is 2.04. The highest BCUT2D eigenvalue weighted by atomic mass is 32.2. The quantitative estimate of drug-likeness (QED) is 0.460. The molecule has 1 rings (SSSR count). The van der Waals surface area contributed by atoms with Crippen molar-refractivity contribution in [3.63, 3.8) is 0 Å². The Hall–Kier alpha value is -0.680. The average molecular weight is 123 g/mol. The van der Waals surface area contributed by atoms with Gasteiger partial charge in [0.05, 0.1) is 6.07 Å². The Labute approximate surface area is 52.7 Å². The van der Waals surface area contributed by atoms with Crippen LogP contribution in [0.3, 0.4) is 0 Å². The van der Waals surface area contributed by atoms with E-state index in [1.165, 1.54) is 0 Å². The molecule has 0 saturated carbocycles. The van der Waals surface area contributed by atoms with Crippen molar-refractivity contribution in [2.24, 2.45) is 0 Å². The summed E-state index contributed by atoms with van der Waals surface area (Å²) in [5.41, 5.74) is 0. The maximum Gasteiger partial charge on any atom is 0.0920 e. The molecule has 0 fully saturated rings. The lowest BCUT2D eigenvalue weighted by Crippen LogP contribution is -1.61. The number of allylic oxidation sites excluding steroid dienone is 3. The third-order valence-electron chi connectivity index (χ3n) is 0.860. The molecule has 1 aliphatic rings. The maximum absolute atomic E-state index is 8.16. The molecule has 8 heavy (non-hydrogen) atoms. The van der Waals surface area contributed by atoms with Crippen molar-refractivity contribution >= 4 is 11.8 Å². The van der Waals surface area contributed by atoms with E-state index in [2.05, 4.69) is 0 Å². The zero-order chi connectivity index (χ0) is 5.82. The van der Waals surface area contributed by atoms with Crippen LogP contribution < -0.4 is 0 Å². The minimum atomic E-state index is 0.943. The molecule has 0 atom stereocenters. The normalized spacial score (nSPS) is 21.6. The van der Waals surface area contributed by atoms with Gasteiger partial charge in [-0.25, -0.2) is 0 Å². The van der Waals surface area contributed by atoms with E-state index in [0.717, 1.165) is 11.3 Å². The summed E-state index contributed by atoms with van der Waals surface area (Å²) < 4.78 is 0. The summed E-state index contributed by atoms with van der Waals surface area (Å²) in [7, 11) is 0. The van der Waals surface area contributed by atoms with Crippen LogP contribution in [0.5, 0.6) is 0 Å². The summed E-state index contributed by atoms with van der Waals surface area (Å²) in [5, 5.41) is 10.2. The van der Waals surface area contributed by atoms with Crippen molar-refractivity contribution in [3.8, 4) is 6.07 Å². The SMILES string of the molecule is N#CC=C1CC=CS1. The molecule has 0 unspecified atom stereocenters. The number of nitrogens with zero attached hydrogens (tertiary/aromatic N) is 1. The first-order chi connectivity index (χ1) is 3.93. The highest BCUT2D eigenvalue weighted by Crippen LogP contribution is 2.27. The minimum Gasteiger partial charge on any atom is -0.193 e. The van der Waals surface area contributed by atoms with E-state index < -0.39 is 0 Å². The molecule has 0 aliphatic carbocycles. The fourth-order valence-electron chi connectivity index (χ4n) is 0.513. The van der Waals surface area contributed by atoms with E-state index in [1.807, 2.05) is 17.6 Å². The highest BCUT2D eigenvalue weighted by molar-refractivity contribution is 8.06. The van der Waals surface area contributed by atoms with Gasteiger partial charge < -0.3 is 0 Å². The Morgan fingerprint density at radius 1 is 1.88 bits per heavy atom. The number of thioether (sulfide) groups is 1. The smallest absolute Gasteiger partial charge is 0.0920 e. The van der Waals surface area contributed by atoms with Crippen molar-refractivity contribution < 1.29 is 0 Å². The number of hydrogen-bond donors (Lipinski definition) is 0. The zero-order valence-electron chi connectivity index (χ0n) is 4.29. The first-order valence-electron chi connectivity index (χ1n) is 2.34. The molecule has 1 heterocycles. The fourth-order valence-corrected chi connectivity index (χ4v) is 1.19. The Kier molecular flexibility index (Phi) is 1.76. The van der Waals surface area contributed by atoms with E-state index in [0.29, 0.717) is 0 Å². The molecule has 0 bridgehead atoms. The van der Waals surface area contributed by atoms with E-state index in [4.69, 9.17) is 5.26 Å². The summed E-state index contributed by atoms with van der Waals surface area (Å²) in [5.74, 6) is 0. The first kappa shape index (κ1) is 5.46. The third kappa shape index (κ3) is 1.14. The first-order valence-corrected chi connectivity index (χ1v) is 3.22. The van der Waals surface area contributed by atoms with Crippen LogP contribution in [-0.2, 0) is 0 Å². The minimum absolute atomic E-state index is 0.943. The molecule has 2 heteroatoms. The molecule has 40 valence electrons. The van der Waals surface area contributed by atoms with Gasteiger partial charge in [-0.15, -0.1) is 11.8 Å². The van der Waals surface area contributed by atoms with Crippen LogP contribution in [0.15, 0.2) is 22.5 Å². The van der Waals surface area contributed by atoms with Crippen LogP contribution in [0.25, 0.3) is 0 Å². The van der Waals surface area contributed by atoms with Crippen LogP contribution in [0.2, 0.25) is 0 Å². The molecule has 0 aromatic carbocycles. The van der Waals surface area contributed by atoms with Crippen molar-refractivity contribution in [2.45, 2.75) is 6.42 Å². The molecule has 0 radical (unpaired) electrons. The Morgan fingerprint density at radius 3 is 3.25 bits per heavy atom. The molecular weight excluding hydrogens is 118 g/mol. The third-order valence-corrected chi connectivity index (χ3v) is 1.78. The second kappa shape index (κ2) is 2.58. The molecular formula is C6H5NS. The zero-order valence-corrected chi connectivity index (χ0v) is 5.11. The molecule has 0 saturated heterocycles. The second-order valence-electron chi connectivity index (χ2n) is 1.43. The number of nitriles is 1. The largest absolute Gasteiger partial charge is 0.193 e. The van der Waals surface area contributed by atoms with E-state index >= 15 is 0 Å². The summed E-state index contributed by atoms with van der Waals surface area (Å²) in [4.78, 5) is 1.15. The molecule has 1 aliphatic heterocycles. The van der Waals surface area contributed by atoms with Gasteiger partial charge in [0.2, 0.25) is 0 Å². The van der Waals surface area contributed by atoms with Crippen LogP contribution >= 0.6 is 11.8 Å². The lowest BCUT2D eigenvalue weighted by molar-refractivity contribution is 1.39. The van der Waals surface area contributed by atoms with Crippen molar-refractivity contribution in [1.29, 1.82) is 5.26 Å². The van der Waals surface area contributed by atoms with Gasteiger partial charge in [-0.1, -0.05) is 6.08 Å². The number of hydrogen-bond acceptors (Lipinski definition) is 2. The van der Waals surface area contributed by atoms with Gasteiger partial charge in [0, 0.05) is 11.0 Å². The van der Waals surface area contributed by atoms with E-state index in [1.54, 1.807) is 17.8 Å². The standard InChI is InChI=1S/C6H5NS/c7-4-3-6-2-1-5-8-6/h1,3,5H,2H2. The van der Waals surface area contributed by atoms with Gasteiger partial charge in [-0.05, 0) is 11.8 Å². The van der Waals surface area contributed by atoms with Gasteiger partial charge in [-0.2, -0.15) is 5.26 Å². The summed E-state index contributed by atoms with van der Waals surface area (Å²) in [6, 6.07) is 1.99.